The molecule has 0 heterocycles. The molecule has 0 saturated heterocycles. The van der Waals surface area contributed by atoms with Crippen molar-refractivity contribution in [2.45, 2.75) is 19.3 Å². The van der Waals surface area contributed by atoms with Crippen molar-refractivity contribution in [1.82, 2.24) is 0 Å². The summed E-state index contributed by atoms with van der Waals surface area (Å²) in [5, 5.41) is 2.53. The molecule has 1 aliphatic rings. The Balaban J connectivity index is 0.00000220. The average molecular weight is 316 g/mol. The van der Waals surface area contributed by atoms with Gasteiger partial charge in [-0.1, -0.05) is 6.42 Å². The molecule has 7 heteroatoms. The van der Waals surface area contributed by atoms with Crippen LogP contribution in [0.3, 0.4) is 0 Å². The van der Waals surface area contributed by atoms with E-state index in [1.54, 1.807) is 0 Å². The molecule has 1 aromatic rings. The van der Waals surface area contributed by atoms with Crippen LogP contribution in [0.2, 0.25) is 0 Å². The molecule has 1 saturated carbocycles. The first-order chi connectivity index (χ1) is 9.52. The van der Waals surface area contributed by atoms with Gasteiger partial charge in [0.15, 0.2) is 0 Å². The molecule has 116 valence electrons. The van der Waals surface area contributed by atoms with Crippen LogP contribution in [0.1, 0.15) is 29.6 Å². The lowest BCUT2D eigenvalue weighted by Crippen LogP contribution is -2.30. The van der Waals surface area contributed by atoms with Gasteiger partial charge in [0.05, 0.1) is 5.69 Å². The van der Waals surface area contributed by atoms with E-state index in [0.29, 0.717) is 6.54 Å². The molecule has 0 spiro atoms. The number of amides is 2. The van der Waals surface area contributed by atoms with Gasteiger partial charge in [-0.05, 0) is 43.5 Å². The molecule has 0 radical (unpaired) electrons. The minimum absolute atomic E-state index is 0. The standard InChI is InChI=1S/C14H18FN3O2.ClH/c15-11-5-4-8(13(17)19)6-12(11)18-14(20)10-3-1-2-9(10)7-16;/h4-6,9-10H,1-3,7,16H2,(H2,17,19)(H,18,20);1H/t9-,10-;/m1./s1. The van der Waals surface area contributed by atoms with Gasteiger partial charge in [0.2, 0.25) is 11.8 Å². The van der Waals surface area contributed by atoms with Crippen molar-refractivity contribution >= 4 is 29.9 Å². The lowest BCUT2D eigenvalue weighted by Gasteiger charge is -2.17. The van der Waals surface area contributed by atoms with Gasteiger partial charge in [-0.15, -0.1) is 12.4 Å². The highest BCUT2D eigenvalue weighted by Crippen LogP contribution is 2.32. The predicted molar refractivity (Wildman–Crippen MR) is 80.7 cm³/mol. The van der Waals surface area contributed by atoms with Crippen molar-refractivity contribution in [2.24, 2.45) is 23.3 Å². The molecule has 5 N–H and O–H groups in total. The molecule has 21 heavy (non-hydrogen) atoms. The van der Waals surface area contributed by atoms with Gasteiger partial charge >= 0.3 is 0 Å². The van der Waals surface area contributed by atoms with Crippen LogP contribution >= 0.6 is 12.4 Å². The van der Waals surface area contributed by atoms with Crippen molar-refractivity contribution in [3.05, 3.63) is 29.6 Å². The molecule has 0 bridgehead atoms. The Morgan fingerprint density at radius 1 is 1.33 bits per heavy atom. The van der Waals surface area contributed by atoms with E-state index in [2.05, 4.69) is 5.32 Å². The Labute approximate surface area is 128 Å². The number of hydrogen-bond acceptors (Lipinski definition) is 3. The molecule has 2 atom stereocenters. The number of hydrogen-bond donors (Lipinski definition) is 3. The van der Waals surface area contributed by atoms with Crippen LogP contribution in [0.4, 0.5) is 10.1 Å². The topological polar surface area (TPSA) is 98.2 Å². The van der Waals surface area contributed by atoms with E-state index in [1.807, 2.05) is 0 Å². The molecule has 0 unspecified atom stereocenters. The van der Waals surface area contributed by atoms with Gasteiger partial charge in [0.1, 0.15) is 5.82 Å². The summed E-state index contributed by atoms with van der Waals surface area (Å²) in [6.45, 7) is 0.446. The minimum atomic E-state index is -0.666. The first kappa shape index (κ1) is 17.4. The second-order valence-electron chi connectivity index (χ2n) is 5.08. The van der Waals surface area contributed by atoms with Crippen LogP contribution in [0.5, 0.6) is 0 Å². The highest BCUT2D eigenvalue weighted by molar-refractivity contribution is 5.97. The lowest BCUT2D eigenvalue weighted by molar-refractivity contribution is -0.120. The van der Waals surface area contributed by atoms with Gasteiger partial charge < -0.3 is 16.8 Å². The minimum Gasteiger partial charge on any atom is -0.366 e. The molecule has 1 aliphatic carbocycles. The maximum absolute atomic E-state index is 13.7. The third kappa shape index (κ3) is 3.92. The Kier molecular flexibility index (Phi) is 6.11. The number of carbonyl (C=O) groups is 2. The van der Waals surface area contributed by atoms with Crippen molar-refractivity contribution in [3.63, 3.8) is 0 Å². The summed E-state index contributed by atoms with van der Waals surface area (Å²) in [7, 11) is 0. The van der Waals surface area contributed by atoms with E-state index in [0.717, 1.165) is 25.3 Å². The highest BCUT2D eigenvalue weighted by Gasteiger charge is 2.32. The molecular weight excluding hydrogens is 297 g/mol. The average Bonchev–Trinajstić information content (AvgIpc) is 2.89. The normalized spacial score (nSPS) is 20.7. The van der Waals surface area contributed by atoms with E-state index in [4.69, 9.17) is 11.5 Å². The number of nitrogens with two attached hydrogens (primary N) is 2. The monoisotopic (exact) mass is 315 g/mol. The number of halogens is 2. The van der Waals surface area contributed by atoms with Crippen molar-refractivity contribution in [3.8, 4) is 0 Å². The largest absolute Gasteiger partial charge is 0.366 e. The molecule has 0 aromatic heterocycles. The van der Waals surface area contributed by atoms with E-state index in [9.17, 15) is 14.0 Å². The van der Waals surface area contributed by atoms with E-state index >= 15 is 0 Å². The van der Waals surface area contributed by atoms with Gasteiger partial charge in [0.25, 0.3) is 0 Å². The fourth-order valence-corrected chi connectivity index (χ4v) is 2.66. The highest BCUT2D eigenvalue weighted by atomic mass is 35.5. The molecule has 2 rings (SSSR count). The van der Waals surface area contributed by atoms with Crippen LogP contribution in [0.15, 0.2) is 18.2 Å². The number of rotatable bonds is 4. The first-order valence-electron chi connectivity index (χ1n) is 6.63. The second-order valence-corrected chi connectivity index (χ2v) is 5.08. The molecule has 1 fully saturated rings. The third-order valence-electron chi connectivity index (χ3n) is 3.81. The van der Waals surface area contributed by atoms with E-state index in [1.165, 1.54) is 12.1 Å². The van der Waals surface area contributed by atoms with Crippen LogP contribution in [-0.4, -0.2) is 18.4 Å². The zero-order valence-electron chi connectivity index (χ0n) is 11.5. The maximum atomic E-state index is 13.7. The molecule has 5 nitrogen and oxygen atoms in total. The Bertz CT molecular complexity index is 539. The zero-order valence-corrected chi connectivity index (χ0v) is 12.3. The van der Waals surface area contributed by atoms with Gasteiger partial charge in [-0.25, -0.2) is 4.39 Å². The number of anilines is 1. The molecule has 0 aliphatic heterocycles. The summed E-state index contributed by atoms with van der Waals surface area (Å²) in [4.78, 5) is 23.2. The van der Waals surface area contributed by atoms with E-state index < -0.39 is 11.7 Å². The van der Waals surface area contributed by atoms with Gasteiger partial charge in [0, 0.05) is 11.5 Å². The summed E-state index contributed by atoms with van der Waals surface area (Å²) in [6, 6.07) is 3.65. The van der Waals surface area contributed by atoms with Crippen LogP contribution in [0, 0.1) is 17.7 Å². The number of benzene rings is 1. The SMILES string of the molecule is Cl.NC[C@H]1CCC[C@H]1C(=O)Nc1cc(C(N)=O)ccc1F. The Morgan fingerprint density at radius 2 is 2.05 bits per heavy atom. The number of primary amides is 1. The molecular formula is C14H19ClFN3O2. The quantitative estimate of drug-likeness (QED) is 0.788. The van der Waals surface area contributed by atoms with Gasteiger partial charge in [-0.2, -0.15) is 0 Å². The summed E-state index contributed by atoms with van der Waals surface area (Å²) in [6.07, 6.45) is 2.62. The van der Waals surface area contributed by atoms with Crippen LogP contribution in [0.25, 0.3) is 0 Å². The van der Waals surface area contributed by atoms with Gasteiger partial charge in [-0.3, -0.25) is 9.59 Å². The summed E-state index contributed by atoms with van der Waals surface area (Å²) >= 11 is 0. The lowest BCUT2D eigenvalue weighted by atomic mass is 9.95. The Hall–Kier alpha value is -1.66. The Morgan fingerprint density at radius 3 is 2.67 bits per heavy atom. The fraction of sp³-hybridized carbons (Fsp3) is 0.429. The summed E-state index contributed by atoms with van der Waals surface area (Å²) in [5.74, 6) is -1.57. The molecule has 2 amide bonds. The van der Waals surface area contributed by atoms with E-state index in [-0.39, 0.29) is 41.4 Å². The number of carbonyl (C=O) groups excluding carboxylic acids is 2. The first-order valence-corrected chi connectivity index (χ1v) is 6.63. The zero-order chi connectivity index (χ0) is 14.7. The van der Waals surface area contributed by atoms with Crippen molar-refractivity contribution in [1.29, 1.82) is 0 Å². The summed E-state index contributed by atoms with van der Waals surface area (Å²) in [5.41, 5.74) is 10.9. The third-order valence-corrected chi connectivity index (χ3v) is 3.81. The number of nitrogens with one attached hydrogen (secondary N) is 1. The smallest absolute Gasteiger partial charge is 0.248 e. The molecule has 1 aromatic carbocycles. The predicted octanol–water partition coefficient (Wildman–Crippen LogP) is 1.66. The second kappa shape index (κ2) is 7.38. The van der Waals surface area contributed by atoms with Crippen molar-refractivity contribution in [2.75, 3.05) is 11.9 Å². The van der Waals surface area contributed by atoms with Crippen molar-refractivity contribution < 1.29 is 14.0 Å². The fourth-order valence-electron chi connectivity index (χ4n) is 2.66. The van der Waals surface area contributed by atoms with Crippen LogP contribution < -0.4 is 16.8 Å². The summed E-state index contributed by atoms with van der Waals surface area (Å²) < 4.78 is 13.7. The van der Waals surface area contributed by atoms with Crippen LogP contribution in [-0.2, 0) is 4.79 Å². The maximum Gasteiger partial charge on any atom is 0.248 e.